The summed E-state index contributed by atoms with van der Waals surface area (Å²) in [7, 11) is 0. The molecule has 0 bridgehead atoms. The van der Waals surface area contributed by atoms with E-state index in [0.29, 0.717) is 13.2 Å². The SMILES string of the molecule is C[C@H]1CN(c2ccc(CNC(=O)[C@@H]3CCCO3)cn2)CCO1. The maximum atomic E-state index is 11.9. The van der Waals surface area contributed by atoms with Crippen molar-refractivity contribution in [2.24, 2.45) is 0 Å². The maximum absolute atomic E-state index is 11.9. The smallest absolute Gasteiger partial charge is 0.249 e. The zero-order valence-corrected chi connectivity index (χ0v) is 13.0. The Balaban J connectivity index is 1.51. The summed E-state index contributed by atoms with van der Waals surface area (Å²) in [6.45, 7) is 5.72. The largest absolute Gasteiger partial charge is 0.375 e. The molecule has 1 aromatic heterocycles. The highest BCUT2D eigenvalue weighted by Gasteiger charge is 2.23. The zero-order valence-electron chi connectivity index (χ0n) is 13.0. The van der Waals surface area contributed by atoms with Crippen LogP contribution >= 0.6 is 0 Å². The highest BCUT2D eigenvalue weighted by atomic mass is 16.5. The number of nitrogens with zero attached hydrogens (tertiary/aromatic N) is 2. The Hall–Kier alpha value is -1.66. The van der Waals surface area contributed by atoms with E-state index in [9.17, 15) is 4.79 Å². The Morgan fingerprint density at radius 2 is 2.32 bits per heavy atom. The molecule has 1 aromatic rings. The van der Waals surface area contributed by atoms with Crippen LogP contribution < -0.4 is 10.2 Å². The lowest BCUT2D eigenvalue weighted by Gasteiger charge is -2.32. The molecule has 120 valence electrons. The second-order valence-electron chi connectivity index (χ2n) is 5.87. The molecule has 6 nitrogen and oxygen atoms in total. The van der Waals surface area contributed by atoms with Gasteiger partial charge in [0.1, 0.15) is 11.9 Å². The van der Waals surface area contributed by atoms with Crippen molar-refractivity contribution < 1.29 is 14.3 Å². The minimum atomic E-state index is -0.276. The van der Waals surface area contributed by atoms with Gasteiger partial charge in [0.25, 0.3) is 0 Å². The van der Waals surface area contributed by atoms with Crippen molar-refractivity contribution in [2.45, 2.75) is 38.5 Å². The van der Waals surface area contributed by atoms with Gasteiger partial charge in [0.2, 0.25) is 5.91 Å². The summed E-state index contributed by atoms with van der Waals surface area (Å²) in [5.41, 5.74) is 0.997. The number of pyridine rings is 1. The van der Waals surface area contributed by atoms with Gasteiger partial charge in [-0.1, -0.05) is 6.07 Å². The predicted molar refractivity (Wildman–Crippen MR) is 82.7 cm³/mol. The van der Waals surface area contributed by atoms with Gasteiger partial charge in [-0.15, -0.1) is 0 Å². The standard InChI is InChI=1S/C16H23N3O3/c1-12-11-19(6-8-21-12)15-5-4-13(9-17-15)10-18-16(20)14-3-2-7-22-14/h4-5,9,12,14H,2-3,6-8,10-11H2,1H3,(H,18,20)/t12-,14-/m0/s1. The molecule has 6 heteroatoms. The fraction of sp³-hybridized carbons (Fsp3) is 0.625. The first-order valence-electron chi connectivity index (χ1n) is 7.93. The van der Waals surface area contributed by atoms with Crippen molar-refractivity contribution in [2.75, 3.05) is 31.2 Å². The molecule has 3 rings (SSSR count). The van der Waals surface area contributed by atoms with Crippen LogP contribution in [0, 0.1) is 0 Å². The molecule has 0 aromatic carbocycles. The zero-order chi connectivity index (χ0) is 15.4. The number of aromatic nitrogens is 1. The van der Waals surface area contributed by atoms with Gasteiger partial charge in [0.15, 0.2) is 0 Å². The molecule has 2 atom stereocenters. The number of carbonyl (C=O) groups is 1. The third-order valence-electron chi connectivity index (χ3n) is 4.06. The van der Waals surface area contributed by atoms with Crippen molar-refractivity contribution in [3.63, 3.8) is 0 Å². The van der Waals surface area contributed by atoms with Crippen molar-refractivity contribution in [1.29, 1.82) is 0 Å². The van der Waals surface area contributed by atoms with Crippen molar-refractivity contribution in [1.82, 2.24) is 10.3 Å². The Morgan fingerprint density at radius 3 is 3.00 bits per heavy atom. The van der Waals surface area contributed by atoms with Crippen LogP contribution in [0.15, 0.2) is 18.3 Å². The predicted octanol–water partition coefficient (Wildman–Crippen LogP) is 1.10. The van der Waals surface area contributed by atoms with Gasteiger partial charge in [-0.2, -0.15) is 0 Å². The topological polar surface area (TPSA) is 63.7 Å². The van der Waals surface area contributed by atoms with Crippen LogP contribution in [0.3, 0.4) is 0 Å². The van der Waals surface area contributed by atoms with E-state index in [2.05, 4.69) is 22.1 Å². The van der Waals surface area contributed by atoms with E-state index in [4.69, 9.17) is 9.47 Å². The van der Waals surface area contributed by atoms with Crippen LogP contribution in [-0.4, -0.2) is 49.4 Å². The number of amides is 1. The summed E-state index contributed by atoms with van der Waals surface area (Å²) in [6, 6.07) is 4.02. The van der Waals surface area contributed by atoms with Gasteiger partial charge in [0.05, 0.1) is 12.7 Å². The fourth-order valence-corrected chi connectivity index (χ4v) is 2.82. The average Bonchev–Trinajstić information content (AvgIpc) is 3.08. The number of morpholine rings is 1. The van der Waals surface area contributed by atoms with Crippen LogP contribution in [0.5, 0.6) is 0 Å². The highest BCUT2D eigenvalue weighted by Crippen LogP contribution is 2.16. The minimum absolute atomic E-state index is 0.0245. The third-order valence-corrected chi connectivity index (χ3v) is 4.06. The summed E-state index contributed by atoms with van der Waals surface area (Å²) in [5, 5.41) is 2.91. The molecule has 1 amide bonds. The number of nitrogens with one attached hydrogen (secondary N) is 1. The lowest BCUT2D eigenvalue weighted by Crippen LogP contribution is -2.41. The number of rotatable bonds is 4. The molecule has 3 heterocycles. The molecule has 1 N–H and O–H groups in total. The first kappa shape index (κ1) is 15.2. The monoisotopic (exact) mass is 305 g/mol. The molecular formula is C16H23N3O3. The van der Waals surface area contributed by atoms with Gasteiger partial charge in [-0.3, -0.25) is 4.79 Å². The number of ether oxygens (including phenoxy) is 2. The molecular weight excluding hydrogens is 282 g/mol. The maximum Gasteiger partial charge on any atom is 0.249 e. The van der Waals surface area contributed by atoms with Crippen LogP contribution in [-0.2, 0) is 20.8 Å². The van der Waals surface area contributed by atoms with Crippen molar-refractivity contribution in [3.05, 3.63) is 23.9 Å². The summed E-state index contributed by atoms with van der Waals surface area (Å²) >= 11 is 0. The lowest BCUT2D eigenvalue weighted by molar-refractivity contribution is -0.130. The molecule has 0 spiro atoms. The van der Waals surface area contributed by atoms with E-state index in [0.717, 1.165) is 43.9 Å². The molecule has 2 aliphatic heterocycles. The van der Waals surface area contributed by atoms with E-state index < -0.39 is 0 Å². The van der Waals surface area contributed by atoms with Gasteiger partial charge in [0, 0.05) is 32.4 Å². The van der Waals surface area contributed by atoms with Crippen LogP contribution in [0.25, 0.3) is 0 Å². The Morgan fingerprint density at radius 1 is 1.41 bits per heavy atom. The van der Waals surface area contributed by atoms with Crippen molar-refractivity contribution in [3.8, 4) is 0 Å². The molecule has 0 saturated carbocycles. The first-order chi connectivity index (χ1) is 10.7. The Kier molecular flexibility index (Phi) is 4.90. The van der Waals surface area contributed by atoms with E-state index in [1.165, 1.54) is 0 Å². The highest BCUT2D eigenvalue weighted by molar-refractivity contribution is 5.80. The Bertz CT molecular complexity index is 500. The van der Waals surface area contributed by atoms with Crippen molar-refractivity contribution >= 4 is 11.7 Å². The quantitative estimate of drug-likeness (QED) is 0.902. The number of carbonyl (C=O) groups excluding carboxylic acids is 1. The molecule has 2 aliphatic rings. The van der Waals surface area contributed by atoms with E-state index in [-0.39, 0.29) is 18.1 Å². The Labute approximate surface area is 130 Å². The van der Waals surface area contributed by atoms with E-state index in [1.807, 2.05) is 18.3 Å². The fourth-order valence-electron chi connectivity index (χ4n) is 2.82. The lowest BCUT2D eigenvalue weighted by atomic mass is 10.2. The normalized spacial score (nSPS) is 25.2. The summed E-state index contributed by atoms with van der Waals surface area (Å²) in [4.78, 5) is 18.6. The molecule has 0 radical (unpaired) electrons. The van der Waals surface area contributed by atoms with Gasteiger partial charge < -0.3 is 19.7 Å². The minimum Gasteiger partial charge on any atom is -0.375 e. The molecule has 2 saturated heterocycles. The molecule has 22 heavy (non-hydrogen) atoms. The number of anilines is 1. The van der Waals surface area contributed by atoms with Crippen LogP contribution in [0.4, 0.5) is 5.82 Å². The molecule has 0 unspecified atom stereocenters. The summed E-state index contributed by atoms with van der Waals surface area (Å²) in [5.74, 6) is 0.938. The van der Waals surface area contributed by atoms with Gasteiger partial charge in [-0.05, 0) is 31.4 Å². The van der Waals surface area contributed by atoms with Gasteiger partial charge in [-0.25, -0.2) is 4.98 Å². The number of hydrogen-bond acceptors (Lipinski definition) is 5. The van der Waals surface area contributed by atoms with Gasteiger partial charge >= 0.3 is 0 Å². The third kappa shape index (κ3) is 3.75. The molecule has 0 aliphatic carbocycles. The number of hydrogen-bond donors (Lipinski definition) is 1. The van der Waals surface area contributed by atoms with Crippen LogP contribution in [0.2, 0.25) is 0 Å². The van der Waals surface area contributed by atoms with Crippen LogP contribution in [0.1, 0.15) is 25.3 Å². The summed E-state index contributed by atoms with van der Waals surface area (Å²) in [6.07, 6.45) is 3.57. The molecule has 2 fully saturated rings. The summed E-state index contributed by atoms with van der Waals surface area (Å²) < 4.78 is 10.9. The average molecular weight is 305 g/mol. The second kappa shape index (κ2) is 7.07. The van der Waals surface area contributed by atoms with E-state index in [1.54, 1.807) is 0 Å². The second-order valence-corrected chi connectivity index (χ2v) is 5.87. The van der Waals surface area contributed by atoms with E-state index >= 15 is 0 Å². The first-order valence-corrected chi connectivity index (χ1v) is 7.93.